The van der Waals surface area contributed by atoms with E-state index in [1.165, 1.54) is 0 Å². The fourth-order valence-electron chi connectivity index (χ4n) is 1.63. The van der Waals surface area contributed by atoms with Crippen LogP contribution in [0.1, 0.15) is 5.56 Å². The van der Waals surface area contributed by atoms with Gasteiger partial charge >= 0.3 is 6.03 Å². The van der Waals surface area contributed by atoms with Crippen molar-refractivity contribution in [1.29, 1.82) is 0 Å². The first-order valence-corrected chi connectivity index (χ1v) is 5.85. The Balaban J connectivity index is 2.07. The molecule has 0 aromatic heterocycles. The molecule has 0 aliphatic heterocycles. The Hall–Kier alpha value is -2.63. The van der Waals surface area contributed by atoms with Gasteiger partial charge in [0.25, 0.3) is 0 Å². The van der Waals surface area contributed by atoms with E-state index in [1.807, 2.05) is 0 Å². The van der Waals surface area contributed by atoms with Gasteiger partial charge in [0.2, 0.25) is 0 Å². The monoisotopic (exact) mass is 277 g/mol. The van der Waals surface area contributed by atoms with Crippen molar-refractivity contribution in [3.8, 4) is 0 Å². The van der Waals surface area contributed by atoms with Crippen molar-refractivity contribution in [2.24, 2.45) is 0 Å². The standard InChI is InChI=1S/C14H13F2N3O/c1-8-6-10(3-4-12(8)17)18-14(20)19-13-5-2-9(15)7-11(13)16/h2-7H,17H2,1H3,(H2,18,19,20). The van der Waals surface area contributed by atoms with E-state index in [2.05, 4.69) is 10.6 Å². The molecule has 2 rings (SSSR count). The van der Waals surface area contributed by atoms with Crippen LogP contribution >= 0.6 is 0 Å². The zero-order valence-electron chi connectivity index (χ0n) is 10.7. The smallest absolute Gasteiger partial charge is 0.323 e. The van der Waals surface area contributed by atoms with Crippen molar-refractivity contribution in [3.05, 3.63) is 53.6 Å². The zero-order valence-corrected chi connectivity index (χ0v) is 10.7. The summed E-state index contributed by atoms with van der Waals surface area (Å²) in [4.78, 5) is 11.7. The van der Waals surface area contributed by atoms with E-state index in [0.29, 0.717) is 17.4 Å². The fraction of sp³-hybridized carbons (Fsp3) is 0.0714. The van der Waals surface area contributed by atoms with Crippen molar-refractivity contribution in [2.45, 2.75) is 6.92 Å². The lowest BCUT2D eigenvalue weighted by atomic mass is 10.2. The Morgan fingerprint density at radius 3 is 2.50 bits per heavy atom. The topological polar surface area (TPSA) is 67.2 Å². The first-order chi connectivity index (χ1) is 9.45. The van der Waals surface area contributed by atoms with E-state index in [0.717, 1.165) is 17.7 Å². The molecular weight excluding hydrogens is 264 g/mol. The van der Waals surface area contributed by atoms with Crippen LogP contribution in [0.3, 0.4) is 0 Å². The molecule has 0 atom stereocenters. The third-order valence-electron chi connectivity index (χ3n) is 2.71. The summed E-state index contributed by atoms with van der Waals surface area (Å²) in [7, 11) is 0. The third kappa shape index (κ3) is 3.23. The average Bonchev–Trinajstić information content (AvgIpc) is 2.37. The lowest BCUT2D eigenvalue weighted by molar-refractivity contribution is 0.262. The first-order valence-electron chi connectivity index (χ1n) is 5.85. The Kier molecular flexibility index (Phi) is 3.84. The normalized spacial score (nSPS) is 10.2. The molecule has 4 N–H and O–H groups in total. The molecule has 0 aliphatic carbocycles. The highest BCUT2D eigenvalue weighted by Crippen LogP contribution is 2.18. The summed E-state index contributed by atoms with van der Waals surface area (Å²) in [6.45, 7) is 1.80. The van der Waals surface area contributed by atoms with E-state index in [9.17, 15) is 13.6 Å². The Bertz CT molecular complexity index is 659. The number of nitrogens with two attached hydrogens (primary N) is 1. The molecule has 104 valence electrons. The molecule has 0 fully saturated rings. The number of rotatable bonds is 2. The molecule has 2 amide bonds. The van der Waals surface area contributed by atoms with Crippen molar-refractivity contribution in [2.75, 3.05) is 16.4 Å². The predicted octanol–water partition coefficient (Wildman–Crippen LogP) is 3.50. The summed E-state index contributed by atoms with van der Waals surface area (Å²) >= 11 is 0. The second-order valence-electron chi connectivity index (χ2n) is 4.27. The number of amides is 2. The minimum atomic E-state index is -0.839. The van der Waals surface area contributed by atoms with Gasteiger partial charge in [0.05, 0.1) is 5.69 Å². The van der Waals surface area contributed by atoms with Gasteiger partial charge < -0.3 is 16.4 Å². The maximum atomic E-state index is 13.4. The number of hydrogen-bond acceptors (Lipinski definition) is 2. The minimum Gasteiger partial charge on any atom is -0.399 e. The number of carbonyl (C=O) groups is 1. The molecule has 2 aromatic rings. The Morgan fingerprint density at radius 2 is 1.85 bits per heavy atom. The molecule has 0 heterocycles. The van der Waals surface area contributed by atoms with Gasteiger partial charge in [-0.15, -0.1) is 0 Å². The first kappa shape index (κ1) is 13.8. The van der Waals surface area contributed by atoms with Gasteiger partial charge in [0.1, 0.15) is 11.6 Å². The molecule has 0 spiro atoms. The van der Waals surface area contributed by atoms with Crippen LogP contribution in [0.15, 0.2) is 36.4 Å². The summed E-state index contributed by atoms with van der Waals surface area (Å²) in [6.07, 6.45) is 0. The molecule has 0 radical (unpaired) electrons. The van der Waals surface area contributed by atoms with Crippen LogP contribution < -0.4 is 16.4 Å². The number of halogens is 2. The molecule has 4 nitrogen and oxygen atoms in total. The van der Waals surface area contributed by atoms with Crippen LogP contribution in [0.2, 0.25) is 0 Å². The van der Waals surface area contributed by atoms with Crippen molar-refractivity contribution >= 4 is 23.1 Å². The van der Waals surface area contributed by atoms with Crippen LogP contribution in [-0.2, 0) is 0 Å². The number of benzene rings is 2. The number of carbonyl (C=O) groups excluding carboxylic acids is 1. The summed E-state index contributed by atoms with van der Waals surface area (Å²) in [6, 6.07) is 7.26. The lowest BCUT2D eigenvalue weighted by Crippen LogP contribution is -2.20. The number of aryl methyl sites for hydroxylation is 1. The molecule has 0 saturated carbocycles. The van der Waals surface area contributed by atoms with Gasteiger partial charge in [-0.2, -0.15) is 0 Å². The number of anilines is 3. The fourth-order valence-corrected chi connectivity index (χ4v) is 1.63. The van der Waals surface area contributed by atoms with Crippen LogP contribution in [0.5, 0.6) is 0 Å². The SMILES string of the molecule is Cc1cc(NC(=O)Nc2ccc(F)cc2F)ccc1N. The number of nitrogen functional groups attached to an aromatic ring is 1. The predicted molar refractivity (Wildman–Crippen MR) is 74.6 cm³/mol. The highest BCUT2D eigenvalue weighted by atomic mass is 19.1. The van der Waals surface area contributed by atoms with E-state index in [4.69, 9.17) is 5.73 Å². The van der Waals surface area contributed by atoms with E-state index < -0.39 is 17.7 Å². The highest BCUT2D eigenvalue weighted by Gasteiger charge is 2.08. The quantitative estimate of drug-likeness (QED) is 0.735. The molecule has 0 saturated heterocycles. The Morgan fingerprint density at radius 1 is 1.10 bits per heavy atom. The van der Waals surface area contributed by atoms with Gasteiger partial charge in [0.15, 0.2) is 0 Å². The maximum Gasteiger partial charge on any atom is 0.323 e. The highest BCUT2D eigenvalue weighted by molar-refractivity contribution is 5.99. The number of urea groups is 1. The number of hydrogen-bond donors (Lipinski definition) is 3. The molecule has 2 aromatic carbocycles. The summed E-state index contributed by atoms with van der Waals surface area (Å²) in [5.74, 6) is -1.55. The molecular formula is C14H13F2N3O. The second-order valence-corrected chi connectivity index (χ2v) is 4.27. The van der Waals surface area contributed by atoms with E-state index >= 15 is 0 Å². The van der Waals surface area contributed by atoms with E-state index in [-0.39, 0.29) is 5.69 Å². The molecule has 20 heavy (non-hydrogen) atoms. The zero-order chi connectivity index (χ0) is 14.7. The van der Waals surface area contributed by atoms with Crippen molar-refractivity contribution < 1.29 is 13.6 Å². The van der Waals surface area contributed by atoms with Crippen molar-refractivity contribution in [3.63, 3.8) is 0 Å². The second kappa shape index (κ2) is 5.56. The largest absolute Gasteiger partial charge is 0.399 e. The average molecular weight is 277 g/mol. The van der Waals surface area contributed by atoms with Gasteiger partial charge in [0, 0.05) is 17.4 Å². The summed E-state index contributed by atoms with van der Waals surface area (Å²) < 4.78 is 26.1. The van der Waals surface area contributed by atoms with Crippen LogP contribution in [0.4, 0.5) is 30.6 Å². The van der Waals surface area contributed by atoms with Crippen molar-refractivity contribution in [1.82, 2.24) is 0 Å². The van der Waals surface area contributed by atoms with Gasteiger partial charge in [-0.1, -0.05) is 0 Å². The minimum absolute atomic E-state index is 0.101. The molecule has 0 aliphatic rings. The maximum absolute atomic E-state index is 13.4. The van der Waals surface area contributed by atoms with Crippen LogP contribution in [-0.4, -0.2) is 6.03 Å². The van der Waals surface area contributed by atoms with Gasteiger partial charge in [-0.25, -0.2) is 13.6 Å². The Labute approximate surface area is 114 Å². The molecule has 0 bridgehead atoms. The van der Waals surface area contributed by atoms with Crippen LogP contribution in [0, 0.1) is 18.6 Å². The van der Waals surface area contributed by atoms with Crippen LogP contribution in [0.25, 0.3) is 0 Å². The molecule has 0 unspecified atom stereocenters. The summed E-state index contributed by atoms with van der Waals surface area (Å²) in [5.41, 5.74) is 7.51. The molecule has 6 heteroatoms. The van der Waals surface area contributed by atoms with Gasteiger partial charge in [-0.3, -0.25) is 0 Å². The van der Waals surface area contributed by atoms with E-state index in [1.54, 1.807) is 25.1 Å². The third-order valence-corrected chi connectivity index (χ3v) is 2.71. The lowest BCUT2D eigenvalue weighted by Gasteiger charge is -2.09. The number of nitrogens with one attached hydrogen (secondary N) is 2. The summed E-state index contributed by atoms with van der Waals surface area (Å²) in [5, 5.41) is 4.83. The van der Waals surface area contributed by atoms with Gasteiger partial charge in [-0.05, 0) is 42.8 Å².